The van der Waals surface area contributed by atoms with Crippen LogP contribution in [0.4, 0.5) is 16.2 Å². The molecular formula is C23H19IN4O2. The van der Waals surface area contributed by atoms with Crippen LogP contribution in [0.15, 0.2) is 83.9 Å². The number of para-hydroxylation sites is 1. The number of likely N-dealkylation sites (N-methyl/N-ethyl adjacent to an activating group) is 1. The maximum absolute atomic E-state index is 13.1. The summed E-state index contributed by atoms with van der Waals surface area (Å²) in [6.07, 6.45) is -1.06. The largest absolute Gasteiger partial charge is 0.321 e. The molecule has 0 unspecified atom stereocenters. The molecule has 3 aromatic carbocycles. The zero-order valence-corrected chi connectivity index (χ0v) is 18.3. The molecule has 0 saturated carbocycles. The monoisotopic (exact) mass is 508 g/mol. The van der Waals surface area contributed by atoms with E-state index < -0.39 is 12.2 Å². The van der Waals surface area contributed by atoms with E-state index in [2.05, 4.69) is 38.2 Å². The number of urea groups is 1. The Labute approximate surface area is 188 Å². The van der Waals surface area contributed by atoms with Gasteiger partial charge in [-0.15, -0.1) is 0 Å². The van der Waals surface area contributed by atoms with Gasteiger partial charge in [0.15, 0.2) is 0 Å². The average Bonchev–Trinajstić information content (AvgIpc) is 2.85. The highest BCUT2D eigenvalue weighted by Crippen LogP contribution is 2.27. The lowest BCUT2D eigenvalue weighted by Crippen LogP contribution is -2.47. The number of amides is 3. The van der Waals surface area contributed by atoms with Crippen molar-refractivity contribution in [2.24, 2.45) is 4.99 Å². The molecule has 0 radical (unpaired) electrons. The fourth-order valence-corrected chi connectivity index (χ4v) is 3.84. The minimum Gasteiger partial charge on any atom is -0.311 e. The van der Waals surface area contributed by atoms with Crippen molar-refractivity contribution in [3.05, 3.63) is 93.6 Å². The lowest BCUT2D eigenvalue weighted by molar-refractivity contribution is -0.119. The normalized spacial score (nSPS) is 15.7. The van der Waals surface area contributed by atoms with Crippen LogP contribution in [0.5, 0.6) is 0 Å². The third kappa shape index (κ3) is 4.20. The Morgan fingerprint density at radius 2 is 1.73 bits per heavy atom. The zero-order valence-electron chi connectivity index (χ0n) is 16.2. The second-order valence-corrected chi connectivity index (χ2v) is 8.02. The van der Waals surface area contributed by atoms with Crippen molar-refractivity contribution in [3.63, 3.8) is 0 Å². The highest BCUT2D eigenvalue weighted by molar-refractivity contribution is 14.1. The molecule has 30 heavy (non-hydrogen) atoms. The molecule has 4 rings (SSSR count). The first-order chi connectivity index (χ1) is 14.5. The average molecular weight is 508 g/mol. The van der Waals surface area contributed by atoms with Gasteiger partial charge in [-0.25, -0.2) is 9.79 Å². The van der Waals surface area contributed by atoms with Crippen molar-refractivity contribution in [2.45, 2.75) is 6.17 Å². The topological polar surface area (TPSA) is 73.8 Å². The Kier molecular flexibility index (Phi) is 5.80. The summed E-state index contributed by atoms with van der Waals surface area (Å²) in [4.78, 5) is 31.9. The number of nitrogens with one attached hydrogen (secondary N) is 2. The maximum atomic E-state index is 13.1. The van der Waals surface area contributed by atoms with E-state index in [4.69, 9.17) is 0 Å². The van der Waals surface area contributed by atoms with Gasteiger partial charge in [0.2, 0.25) is 6.17 Å². The molecular weight excluding hydrogens is 489 g/mol. The molecule has 150 valence electrons. The summed E-state index contributed by atoms with van der Waals surface area (Å²) in [5.41, 5.74) is 3.75. The third-order valence-corrected chi connectivity index (χ3v) is 5.41. The lowest BCUT2D eigenvalue weighted by atomic mass is 10.0. The van der Waals surface area contributed by atoms with Crippen LogP contribution in [-0.2, 0) is 4.79 Å². The predicted octanol–water partition coefficient (Wildman–Crippen LogP) is 4.25. The quantitative estimate of drug-likeness (QED) is 0.520. The van der Waals surface area contributed by atoms with Crippen LogP contribution in [0.3, 0.4) is 0 Å². The number of carbonyl (C=O) groups excluding carboxylic acids is 2. The molecule has 0 bridgehead atoms. The fourth-order valence-electron chi connectivity index (χ4n) is 3.30. The van der Waals surface area contributed by atoms with E-state index in [1.54, 1.807) is 13.1 Å². The number of benzene rings is 3. The summed E-state index contributed by atoms with van der Waals surface area (Å²) in [5.74, 6) is -0.314. The Morgan fingerprint density at radius 1 is 1.00 bits per heavy atom. The number of anilines is 2. The van der Waals surface area contributed by atoms with Crippen LogP contribution in [0.2, 0.25) is 0 Å². The Balaban J connectivity index is 1.69. The minimum atomic E-state index is -1.06. The summed E-state index contributed by atoms with van der Waals surface area (Å²) in [7, 11) is 1.69. The lowest BCUT2D eigenvalue weighted by Gasteiger charge is -2.21. The molecule has 0 aromatic heterocycles. The maximum Gasteiger partial charge on any atom is 0.321 e. The van der Waals surface area contributed by atoms with Crippen molar-refractivity contribution in [1.29, 1.82) is 0 Å². The van der Waals surface area contributed by atoms with Gasteiger partial charge in [0.1, 0.15) is 0 Å². The van der Waals surface area contributed by atoms with Crippen LogP contribution in [0, 0.1) is 3.57 Å². The van der Waals surface area contributed by atoms with Crippen molar-refractivity contribution < 1.29 is 9.59 Å². The van der Waals surface area contributed by atoms with Gasteiger partial charge in [-0.1, -0.05) is 54.6 Å². The van der Waals surface area contributed by atoms with Crippen LogP contribution in [0.25, 0.3) is 0 Å². The standard InChI is InChI=1S/C23H19IN4O2/c1-28-19-13-6-5-12-18(19)20(15-8-3-2-4-9-15)26-21(22(28)29)27-23(30)25-17-11-7-10-16(24)14-17/h2-14,21H,1H3,(H2,25,27,30)/t21-/m0/s1/i24-2. The smallest absolute Gasteiger partial charge is 0.311 e. The van der Waals surface area contributed by atoms with Gasteiger partial charge in [-0.3, -0.25) is 4.79 Å². The van der Waals surface area contributed by atoms with Gasteiger partial charge in [-0.2, -0.15) is 0 Å². The first-order valence-electron chi connectivity index (χ1n) is 9.36. The van der Waals surface area contributed by atoms with Gasteiger partial charge < -0.3 is 15.5 Å². The molecule has 3 aromatic rings. The summed E-state index contributed by atoms with van der Waals surface area (Å²) >= 11 is 2.17. The van der Waals surface area contributed by atoms with Crippen molar-refractivity contribution in [3.8, 4) is 0 Å². The van der Waals surface area contributed by atoms with Crippen molar-refractivity contribution in [2.75, 3.05) is 17.3 Å². The number of halogens is 1. The highest BCUT2D eigenvalue weighted by Gasteiger charge is 2.30. The number of hydrogen-bond donors (Lipinski definition) is 2. The molecule has 0 aliphatic carbocycles. The number of nitrogens with zero attached hydrogens (tertiary/aromatic N) is 2. The van der Waals surface area contributed by atoms with E-state index in [1.807, 2.05) is 72.8 Å². The highest BCUT2D eigenvalue weighted by atomic mass is 125. The molecule has 0 saturated heterocycles. The number of carbonyl (C=O) groups is 2. The predicted molar refractivity (Wildman–Crippen MR) is 127 cm³/mol. The van der Waals surface area contributed by atoms with Crippen LogP contribution in [-0.4, -0.2) is 30.9 Å². The number of aliphatic imine (C=N–C) groups is 1. The minimum absolute atomic E-state index is 0.314. The van der Waals surface area contributed by atoms with E-state index >= 15 is 0 Å². The number of rotatable bonds is 3. The second kappa shape index (κ2) is 8.66. The SMILES string of the molecule is CN1C(=O)[C@H](NC(=O)Nc2cccc([125I])c2)N=C(c2ccccc2)c2ccccc21. The number of fused-ring (bicyclic) bond motifs is 1. The van der Waals surface area contributed by atoms with E-state index in [0.717, 1.165) is 20.4 Å². The van der Waals surface area contributed by atoms with Crippen molar-refractivity contribution in [1.82, 2.24) is 5.32 Å². The van der Waals surface area contributed by atoms with E-state index in [0.29, 0.717) is 11.4 Å². The van der Waals surface area contributed by atoms with Gasteiger partial charge >= 0.3 is 6.03 Å². The van der Waals surface area contributed by atoms with Gasteiger partial charge in [0.25, 0.3) is 5.91 Å². The first-order valence-corrected chi connectivity index (χ1v) is 10.4. The molecule has 1 aliphatic rings. The molecule has 1 atom stereocenters. The van der Waals surface area contributed by atoms with Gasteiger partial charge in [0.05, 0.1) is 11.4 Å². The molecule has 1 aliphatic heterocycles. The van der Waals surface area contributed by atoms with E-state index in [1.165, 1.54) is 4.90 Å². The first kappa shape index (κ1) is 20.1. The summed E-state index contributed by atoms with van der Waals surface area (Å²) in [5, 5.41) is 5.48. The van der Waals surface area contributed by atoms with E-state index in [9.17, 15) is 9.59 Å². The Hall–Kier alpha value is -3.20. The Morgan fingerprint density at radius 3 is 2.50 bits per heavy atom. The molecule has 7 heteroatoms. The molecule has 0 spiro atoms. The van der Waals surface area contributed by atoms with Crippen molar-refractivity contribution >= 4 is 51.6 Å². The molecule has 0 fully saturated rings. The zero-order chi connectivity index (χ0) is 21.1. The van der Waals surface area contributed by atoms with Gasteiger partial charge in [-0.05, 0) is 46.9 Å². The van der Waals surface area contributed by atoms with Crippen LogP contribution in [0.1, 0.15) is 11.1 Å². The number of benzodiazepines with no additional fused rings is 1. The van der Waals surface area contributed by atoms with E-state index in [-0.39, 0.29) is 5.91 Å². The summed E-state index contributed by atoms with van der Waals surface area (Å²) < 4.78 is 0.996. The fraction of sp³-hybridized carbons (Fsp3) is 0.0870. The van der Waals surface area contributed by atoms with Crippen LogP contribution >= 0.6 is 22.6 Å². The molecule has 3 amide bonds. The van der Waals surface area contributed by atoms with Crippen LogP contribution < -0.4 is 15.5 Å². The molecule has 6 nitrogen and oxygen atoms in total. The van der Waals surface area contributed by atoms with Gasteiger partial charge in [0, 0.05) is 27.4 Å². The second-order valence-electron chi connectivity index (χ2n) is 6.77. The number of hydrogen-bond acceptors (Lipinski definition) is 3. The Bertz CT molecular complexity index is 1130. The summed E-state index contributed by atoms with van der Waals surface area (Å²) in [6, 6.07) is 24.2. The molecule has 2 N–H and O–H groups in total. The summed E-state index contributed by atoms with van der Waals surface area (Å²) in [6.45, 7) is 0. The molecule has 1 heterocycles. The third-order valence-electron chi connectivity index (χ3n) is 4.74.